The highest BCUT2D eigenvalue weighted by atomic mass is 16.5. The summed E-state index contributed by atoms with van der Waals surface area (Å²) < 4.78 is 4.83. The third kappa shape index (κ3) is 1.30. The Balaban J connectivity index is 2.32. The van der Waals surface area contributed by atoms with Gasteiger partial charge in [0.05, 0.1) is 18.9 Å². The van der Waals surface area contributed by atoms with E-state index in [4.69, 9.17) is 4.74 Å². The van der Waals surface area contributed by atoms with E-state index in [0.29, 0.717) is 0 Å². The molecular weight excluding hydrogens is 228 g/mol. The van der Waals surface area contributed by atoms with Gasteiger partial charge in [0, 0.05) is 0 Å². The molecule has 2 aromatic carbocycles. The molecule has 0 amide bonds. The molecule has 90 valence electrons. The minimum atomic E-state index is -0.506. The zero-order valence-electron chi connectivity index (χ0n) is 9.92. The fraction of sp³-hybridized carbons (Fsp3) is 0.200. The van der Waals surface area contributed by atoms with Crippen LogP contribution in [0.3, 0.4) is 0 Å². The molecule has 2 atom stereocenters. The second kappa shape index (κ2) is 3.95. The van der Waals surface area contributed by atoms with Crippen LogP contribution in [0.25, 0.3) is 10.8 Å². The molecule has 0 radical (unpaired) electrons. The second-order valence-electron chi connectivity index (χ2n) is 4.46. The molecule has 3 rings (SSSR count). The number of hydrogen-bond donors (Lipinski definition) is 0. The normalized spacial score (nSPS) is 20.9. The number of ether oxygens (including phenoxy) is 1. The fourth-order valence-corrected chi connectivity index (χ4v) is 2.86. The van der Waals surface area contributed by atoms with Crippen LogP contribution in [0.2, 0.25) is 0 Å². The third-order valence-electron chi connectivity index (χ3n) is 3.62. The van der Waals surface area contributed by atoms with E-state index in [1.807, 2.05) is 36.4 Å². The highest BCUT2D eigenvalue weighted by Crippen LogP contribution is 2.46. The summed E-state index contributed by atoms with van der Waals surface area (Å²) in [6, 6.07) is 11.6. The standard InChI is InChI=1S/C15H12O3/c1-18-15(17)14-11-7-3-5-9-4-2-6-10(13(9)11)12(14)8-16/h2-8,12,14H,1H3. The first-order chi connectivity index (χ1) is 8.77. The molecule has 0 aromatic heterocycles. The SMILES string of the molecule is COC(=O)C1c2cccc3cccc(c23)C1C=O. The minimum Gasteiger partial charge on any atom is -0.469 e. The van der Waals surface area contributed by atoms with Crippen LogP contribution in [-0.2, 0) is 14.3 Å². The molecule has 0 spiro atoms. The summed E-state index contributed by atoms with van der Waals surface area (Å²) in [4.78, 5) is 23.2. The Morgan fingerprint density at radius 3 is 2.44 bits per heavy atom. The molecule has 0 fully saturated rings. The molecule has 0 bridgehead atoms. The zero-order chi connectivity index (χ0) is 12.7. The topological polar surface area (TPSA) is 43.4 Å². The maximum absolute atomic E-state index is 11.9. The average Bonchev–Trinajstić information content (AvgIpc) is 2.74. The van der Waals surface area contributed by atoms with E-state index in [9.17, 15) is 9.59 Å². The quantitative estimate of drug-likeness (QED) is 0.598. The van der Waals surface area contributed by atoms with E-state index in [-0.39, 0.29) is 5.97 Å². The fourth-order valence-electron chi connectivity index (χ4n) is 2.86. The number of methoxy groups -OCH3 is 1. The molecule has 0 saturated heterocycles. The molecular formula is C15H12O3. The lowest BCUT2D eigenvalue weighted by molar-refractivity contribution is -0.143. The van der Waals surface area contributed by atoms with Crippen LogP contribution in [-0.4, -0.2) is 19.4 Å². The minimum absolute atomic E-state index is 0.351. The Morgan fingerprint density at radius 1 is 1.17 bits per heavy atom. The summed E-state index contributed by atoms with van der Waals surface area (Å²) in [5.41, 5.74) is 1.82. The summed E-state index contributed by atoms with van der Waals surface area (Å²) in [5, 5.41) is 2.08. The Morgan fingerprint density at radius 2 is 1.83 bits per heavy atom. The highest BCUT2D eigenvalue weighted by molar-refractivity contribution is 6.01. The van der Waals surface area contributed by atoms with Crippen molar-refractivity contribution in [3.8, 4) is 0 Å². The van der Waals surface area contributed by atoms with Crippen LogP contribution in [0.1, 0.15) is 23.0 Å². The summed E-state index contributed by atoms with van der Waals surface area (Å²) >= 11 is 0. The largest absolute Gasteiger partial charge is 0.469 e. The van der Waals surface area contributed by atoms with Gasteiger partial charge in [-0.05, 0) is 21.9 Å². The van der Waals surface area contributed by atoms with E-state index in [0.717, 1.165) is 28.2 Å². The lowest BCUT2D eigenvalue weighted by Crippen LogP contribution is -2.18. The van der Waals surface area contributed by atoms with Crippen molar-refractivity contribution in [3.63, 3.8) is 0 Å². The van der Waals surface area contributed by atoms with E-state index < -0.39 is 11.8 Å². The number of benzene rings is 2. The predicted octanol–water partition coefficient (Wildman–Crippen LogP) is 2.39. The number of hydrogen-bond acceptors (Lipinski definition) is 3. The van der Waals surface area contributed by atoms with E-state index in [2.05, 4.69) is 0 Å². The van der Waals surface area contributed by atoms with Crippen LogP contribution in [0, 0.1) is 0 Å². The molecule has 3 nitrogen and oxygen atoms in total. The average molecular weight is 240 g/mol. The van der Waals surface area contributed by atoms with Crippen LogP contribution >= 0.6 is 0 Å². The molecule has 1 aliphatic carbocycles. The number of carbonyl (C=O) groups excluding carboxylic acids is 2. The van der Waals surface area contributed by atoms with Gasteiger partial charge in [0.15, 0.2) is 0 Å². The van der Waals surface area contributed by atoms with Crippen LogP contribution in [0.15, 0.2) is 36.4 Å². The van der Waals surface area contributed by atoms with Gasteiger partial charge in [-0.1, -0.05) is 36.4 Å². The van der Waals surface area contributed by atoms with Crippen molar-refractivity contribution < 1.29 is 14.3 Å². The van der Waals surface area contributed by atoms with Crippen LogP contribution in [0.5, 0.6) is 0 Å². The van der Waals surface area contributed by atoms with Gasteiger partial charge in [0.2, 0.25) is 0 Å². The number of aldehydes is 1. The number of esters is 1. The summed E-state index contributed by atoms with van der Waals surface area (Å²) in [7, 11) is 1.35. The predicted molar refractivity (Wildman–Crippen MR) is 67.5 cm³/mol. The number of rotatable bonds is 2. The van der Waals surface area contributed by atoms with Crippen molar-refractivity contribution in [1.82, 2.24) is 0 Å². The lowest BCUT2D eigenvalue weighted by Gasteiger charge is -2.13. The van der Waals surface area contributed by atoms with Crippen molar-refractivity contribution >= 4 is 23.0 Å². The molecule has 0 heterocycles. The molecule has 1 aliphatic rings. The first-order valence-corrected chi connectivity index (χ1v) is 5.82. The van der Waals surface area contributed by atoms with E-state index in [1.165, 1.54) is 7.11 Å². The second-order valence-corrected chi connectivity index (χ2v) is 4.46. The Bertz CT molecular complexity index is 640. The van der Waals surface area contributed by atoms with Gasteiger partial charge < -0.3 is 9.53 Å². The van der Waals surface area contributed by atoms with Crippen LogP contribution < -0.4 is 0 Å². The maximum atomic E-state index is 11.9. The monoisotopic (exact) mass is 240 g/mol. The van der Waals surface area contributed by atoms with Gasteiger partial charge in [0.1, 0.15) is 6.29 Å². The maximum Gasteiger partial charge on any atom is 0.314 e. The Hall–Kier alpha value is -2.16. The molecule has 2 unspecified atom stereocenters. The van der Waals surface area contributed by atoms with Crippen molar-refractivity contribution in [3.05, 3.63) is 47.5 Å². The van der Waals surface area contributed by atoms with Crippen molar-refractivity contribution in [2.45, 2.75) is 11.8 Å². The van der Waals surface area contributed by atoms with E-state index in [1.54, 1.807) is 0 Å². The molecule has 0 saturated carbocycles. The van der Waals surface area contributed by atoms with Gasteiger partial charge in [-0.25, -0.2) is 0 Å². The molecule has 3 heteroatoms. The number of carbonyl (C=O) groups is 2. The molecule has 18 heavy (non-hydrogen) atoms. The van der Waals surface area contributed by atoms with E-state index >= 15 is 0 Å². The first-order valence-electron chi connectivity index (χ1n) is 5.82. The zero-order valence-corrected chi connectivity index (χ0v) is 9.92. The Labute approximate surface area is 104 Å². The van der Waals surface area contributed by atoms with Gasteiger partial charge in [-0.3, -0.25) is 4.79 Å². The van der Waals surface area contributed by atoms with Gasteiger partial charge >= 0.3 is 5.97 Å². The van der Waals surface area contributed by atoms with Gasteiger partial charge in [-0.15, -0.1) is 0 Å². The lowest BCUT2D eigenvalue weighted by atomic mass is 9.91. The molecule has 2 aromatic rings. The summed E-state index contributed by atoms with van der Waals surface area (Å²) in [5.74, 6) is -1.29. The van der Waals surface area contributed by atoms with Gasteiger partial charge in [-0.2, -0.15) is 0 Å². The smallest absolute Gasteiger partial charge is 0.314 e. The first kappa shape index (κ1) is 11.0. The van der Waals surface area contributed by atoms with Crippen molar-refractivity contribution in [1.29, 1.82) is 0 Å². The Kier molecular flexibility index (Phi) is 2.40. The summed E-state index contributed by atoms with van der Waals surface area (Å²) in [6.45, 7) is 0. The summed E-state index contributed by atoms with van der Waals surface area (Å²) in [6.07, 6.45) is 0.844. The molecule has 0 N–H and O–H groups in total. The molecule has 0 aliphatic heterocycles. The van der Waals surface area contributed by atoms with Gasteiger partial charge in [0.25, 0.3) is 0 Å². The van der Waals surface area contributed by atoms with Crippen molar-refractivity contribution in [2.24, 2.45) is 0 Å². The third-order valence-corrected chi connectivity index (χ3v) is 3.62. The van der Waals surface area contributed by atoms with Crippen LogP contribution in [0.4, 0.5) is 0 Å². The van der Waals surface area contributed by atoms with Crippen molar-refractivity contribution in [2.75, 3.05) is 7.11 Å². The highest BCUT2D eigenvalue weighted by Gasteiger charge is 2.39.